The Labute approximate surface area is 191 Å². The summed E-state index contributed by atoms with van der Waals surface area (Å²) in [6, 6.07) is 17.6. The van der Waals surface area contributed by atoms with Crippen LogP contribution in [0.25, 0.3) is 23.0 Å². The zero-order valence-corrected chi connectivity index (χ0v) is 18.2. The quantitative estimate of drug-likeness (QED) is 0.249. The SMILES string of the molecule is CC1CCN(C(=O)C(C#N)=Cc2cn(-c3ccccc3)nc2-c2cccc([N+](=O)[O-])c2)CC1. The molecule has 3 aromatic rings. The topological polar surface area (TPSA) is 105 Å². The summed E-state index contributed by atoms with van der Waals surface area (Å²) in [6.07, 6.45) is 5.08. The normalized spacial score (nSPS) is 14.7. The van der Waals surface area contributed by atoms with Gasteiger partial charge in [-0.15, -0.1) is 0 Å². The second kappa shape index (κ2) is 9.49. The third-order valence-corrected chi connectivity index (χ3v) is 5.82. The molecule has 33 heavy (non-hydrogen) atoms. The van der Waals surface area contributed by atoms with Crippen molar-refractivity contribution in [2.75, 3.05) is 13.1 Å². The van der Waals surface area contributed by atoms with Crippen molar-refractivity contribution in [1.29, 1.82) is 5.26 Å². The monoisotopic (exact) mass is 441 g/mol. The lowest BCUT2D eigenvalue weighted by Gasteiger charge is -2.30. The van der Waals surface area contributed by atoms with Gasteiger partial charge in [-0.3, -0.25) is 14.9 Å². The van der Waals surface area contributed by atoms with E-state index in [1.807, 2.05) is 36.4 Å². The van der Waals surface area contributed by atoms with Crippen molar-refractivity contribution in [3.05, 3.63) is 82.0 Å². The number of piperidine rings is 1. The van der Waals surface area contributed by atoms with Crippen molar-refractivity contribution in [2.45, 2.75) is 19.8 Å². The first-order valence-electron chi connectivity index (χ1n) is 10.8. The molecule has 0 aliphatic carbocycles. The molecule has 1 aliphatic heterocycles. The van der Waals surface area contributed by atoms with Gasteiger partial charge >= 0.3 is 0 Å². The Bertz CT molecular complexity index is 1250. The summed E-state index contributed by atoms with van der Waals surface area (Å²) in [6.45, 7) is 3.41. The van der Waals surface area contributed by atoms with Crippen molar-refractivity contribution in [1.82, 2.24) is 14.7 Å². The highest BCUT2D eigenvalue weighted by Crippen LogP contribution is 2.29. The van der Waals surface area contributed by atoms with Crippen LogP contribution in [-0.4, -0.2) is 38.6 Å². The van der Waals surface area contributed by atoms with Crippen LogP contribution in [0.4, 0.5) is 5.69 Å². The van der Waals surface area contributed by atoms with Gasteiger partial charge < -0.3 is 4.90 Å². The number of hydrogen-bond donors (Lipinski definition) is 0. The molecule has 2 heterocycles. The molecule has 1 saturated heterocycles. The van der Waals surface area contributed by atoms with E-state index >= 15 is 0 Å². The molecule has 8 nitrogen and oxygen atoms in total. The number of nitro groups is 1. The van der Waals surface area contributed by atoms with E-state index in [-0.39, 0.29) is 17.2 Å². The number of nitrogens with zero attached hydrogens (tertiary/aromatic N) is 5. The lowest BCUT2D eigenvalue weighted by molar-refractivity contribution is -0.384. The van der Waals surface area contributed by atoms with E-state index in [0.717, 1.165) is 18.5 Å². The number of non-ortho nitro benzene ring substituents is 1. The summed E-state index contributed by atoms with van der Waals surface area (Å²) in [5.41, 5.74) is 2.27. The minimum atomic E-state index is -0.464. The van der Waals surface area contributed by atoms with Gasteiger partial charge in [-0.1, -0.05) is 37.3 Å². The smallest absolute Gasteiger partial charge is 0.270 e. The molecule has 4 rings (SSSR count). The van der Waals surface area contributed by atoms with Crippen molar-refractivity contribution >= 4 is 17.7 Å². The fraction of sp³-hybridized carbons (Fsp3) is 0.240. The number of rotatable bonds is 5. The number of nitriles is 1. The van der Waals surface area contributed by atoms with Crippen LogP contribution < -0.4 is 0 Å². The molecule has 2 aromatic carbocycles. The van der Waals surface area contributed by atoms with E-state index in [2.05, 4.69) is 12.0 Å². The van der Waals surface area contributed by atoms with Crippen LogP contribution in [-0.2, 0) is 4.79 Å². The van der Waals surface area contributed by atoms with Gasteiger partial charge in [0.1, 0.15) is 17.3 Å². The molecule has 0 saturated carbocycles. The zero-order valence-electron chi connectivity index (χ0n) is 18.2. The van der Waals surface area contributed by atoms with Gasteiger partial charge in [-0.05, 0) is 37.0 Å². The first-order chi connectivity index (χ1) is 16.0. The molecule has 0 N–H and O–H groups in total. The predicted molar refractivity (Wildman–Crippen MR) is 124 cm³/mol. The Hall–Kier alpha value is -4.25. The van der Waals surface area contributed by atoms with E-state index in [1.54, 1.807) is 27.9 Å². The van der Waals surface area contributed by atoms with Crippen LogP contribution in [0.5, 0.6) is 0 Å². The van der Waals surface area contributed by atoms with Crippen molar-refractivity contribution in [3.63, 3.8) is 0 Å². The lowest BCUT2D eigenvalue weighted by Crippen LogP contribution is -2.38. The second-order valence-corrected chi connectivity index (χ2v) is 8.17. The van der Waals surface area contributed by atoms with Crippen LogP contribution in [0.1, 0.15) is 25.3 Å². The summed E-state index contributed by atoms with van der Waals surface area (Å²) in [7, 11) is 0. The summed E-state index contributed by atoms with van der Waals surface area (Å²) < 4.78 is 1.64. The zero-order chi connectivity index (χ0) is 23.4. The average molecular weight is 441 g/mol. The summed E-state index contributed by atoms with van der Waals surface area (Å²) in [5, 5.41) is 25.7. The molecule has 1 amide bonds. The van der Waals surface area contributed by atoms with Gasteiger partial charge in [-0.25, -0.2) is 4.68 Å². The number of carbonyl (C=O) groups excluding carboxylic acids is 1. The highest BCUT2D eigenvalue weighted by Gasteiger charge is 2.24. The largest absolute Gasteiger partial charge is 0.338 e. The Morgan fingerprint density at radius 1 is 1.18 bits per heavy atom. The molecule has 0 atom stereocenters. The molecular weight excluding hydrogens is 418 g/mol. The number of benzene rings is 2. The number of nitro benzene ring substituents is 1. The van der Waals surface area contributed by atoms with E-state index in [4.69, 9.17) is 0 Å². The third-order valence-electron chi connectivity index (χ3n) is 5.82. The van der Waals surface area contributed by atoms with Gasteiger partial charge in [0, 0.05) is 42.5 Å². The number of hydrogen-bond acceptors (Lipinski definition) is 5. The number of amides is 1. The van der Waals surface area contributed by atoms with Crippen LogP contribution in [0.2, 0.25) is 0 Å². The Balaban J connectivity index is 1.78. The standard InChI is InChI=1S/C25H23N5O3/c1-18-10-12-28(13-11-18)25(31)20(16-26)14-21-17-29(22-7-3-2-4-8-22)27-24(21)19-6-5-9-23(15-19)30(32)33/h2-9,14-15,17-18H,10-13H2,1H3. The van der Waals surface area contributed by atoms with E-state index in [1.165, 1.54) is 18.2 Å². The number of para-hydroxylation sites is 1. The summed E-state index contributed by atoms with van der Waals surface area (Å²) in [4.78, 5) is 25.6. The summed E-state index contributed by atoms with van der Waals surface area (Å²) in [5.74, 6) is 0.259. The number of carbonyl (C=O) groups is 1. The maximum Gasteiger partial charge on any atom is 0.270 e. The Morgan fingerprint density at radius 2 is 1.91 bits per heavy atom. The van der Waals surface area contributed by atoms with Gasteiger partial charge in [0.2, 0.25) is 0 Å². The molecule has 0 radical (unpaired) electrons. The first kappa shape index (κ1) is 22.0. The summed E-state index contributed by atoms with van der Waals surface area (Å²) >= 11 is 0. The van der Waals surface area contributed by atoms with Crippen molar-refractivity contribution in [3.8, 4) is 23.0 Å². The highest BCUT2D eigenvalue weighted by molar-refractivity contribution is 6.02. The molecule has 0 spiro atoms. The highest BCUT2D eigenvalue weighted by atomic mass is 16.6. The second-order valence-electron chi connectivity index (χ2n) is 8.17. The molecule has 1 aliphatic rings. The molecule has 166 valence electrons. The predicted octanol–water partition coefficient (Wildman–Crippen LogP) is 4.61. The van der Waals surface area contributed by atoms with E-state index in [9.17, 15) is 20.2 Å². The van der Waals surface area contributed by atoms with E-state index in [0.29, 0.717) is 35.8 Å². The van der Waals surface area contributed by atoms with Crippen LogP contribution >= 0.6 is 0 Å². The average Bonchev–Trinajstić information content (AvgIpc) is 3.27. The molecule has 0 unspecified atom stereocenters. The fourth-order valence-electron chi connectivity index (χ4n) is 3.88. The Kier molecular flexibility index (Phi) is 6.31. The van der Waals surface area contributed by atoms with Crippen LogP contribution in [0.15, 0.2) is 66.4 Å². The first-order valence-corrected chi connectivity index (χ1v) is 10.8. The molecule has 8 heteroatoms. The molecule has 1 fully saturated rings. The van der Waals surface area contributed by atoms with Gasteiger partial charge in [0.25, 0.3) is 11.6 Å². The maximum absolute atomic E-state index is 13.0. The number of likely N-dealkylation sites (tertiary alicyclic amines) is 1. The van der Waals surface area contributed by atoms with Crippen LogP contribution in [0, 0.1) is 27.4 Å². The van der Waals surface area contributed by atoms with Crippen molar-refractivity contribution in [2.24, 2.45) is 5.92 Å². The molecule has 1 aromatic heterocycles. The van der Waals surface area contributed by atoms with Gasteiger partial charge in [0.05, 0.1) is 10.6 Å². The van der Waals surface area contributed by atoms with Gasteiger partial charge in [-0.2, -0.15) is 10.4 Å². The van der Waals surface area contributed by atoms with E-state index < -0.39 is 4.92 Å². The molecular formula is C25H23N5O3. The third kappa shape index (κ3) is 4.83. The molecule has 0 bridgehead atoms. The minimum absolute atomic E-state index is 0.0174. The lowest BCUT2D eigenvalue weighted by atomic mass is 9.98. The Morgan fingerprint density at radius 3 is 2.58 bits per heavy atom. The van der Waals surface area contributed by atoms with Crippen molar-refractivity contribution < 1.29 is 9.72 Å². The minimum Gasteiger partial charge on any atom is -0.338 e. The van der Waals surface area contributed by atoms with Crippen LogP contribution in [0.3, 0.4) is 0 Å². The number of aromatic nitrogens is 2. The van der Waals surface area contributed by atoms with Gasteiger partial charge in [0.15, 0.2) is 0 Å². The fourth-order valence-corrected chi connectivity index (χ4v) is 3.88. The maximum atomic E-state index is 13.0.